The van der Waals surface area contributed by atoms with Crippen molar-refractivity contribution in [1.82, 2.24) is 10.3 Å². The number of nitro groups is 1. The Morgan fingerprint density at radius 3 is 2.95 bits per heavy atom. The number of pyridine rings is 1. The van der Waals surface area contributed by atoms with Crippen molar-refractivity contribution in [2.75, 3.05) is 12.3 Å². The van der Waals surface area contributed by atoms with E-state index in [1.54, 1.807) is 0 Å². The molecule has 1 fully saturated rings. The summed E-state index contributed by atoms with van der Waals surface area (Å²) in [6.45, 7) is 2.58. The normalized spacial score (nSPS) is 15.8. The van der Waals surface area contributed by atoms with Gasteiger partial charge in [-0.15, -0.1) is 0 Å². The third-order valence-electron chi connectivity index (χ3n) is 3.36. The number of carbonyl (C=O) groups excluding carboxylic acids is 1. The average molecular weight is 264 g/mol. The van der Waals surface area contributed by atoms with E-state index in [0.29, 0.717) is 18.4 Å². The van der Waals surface area contributed by atoms with Crippen molar-refractivity contribution in [1.29, 1.82) is 0 Å². The standard InChI is InChI=1S/C12H16N4O3/c1-7(8-2-3-8)5-15-12(17)9-4-11(13)14-6-10(9)16(18)19/h4,6-8H,2-3,5H2,1H3,(H2,13,14)(H,15,17). The number of rotatable bonds is 5. The van der Waals surface area contributed by atoms with E-state index >= 15 is 0 Å². The van der Waals surface area contributed by atoms with E-state index in [1.807, 2.05) is 0 Å². The number of nitrogens with two attached hydrogens (primary N) is 1. The van der Waals surface area contributed by atoms with Crippen LogP contribution in [-0.4, -0.2) is 22.4 Å². The van der Waals surface area contributed by atoms with Crippen molar-refractivity contribution in [3.05, 3.63) is 27.9 Å². The highest BCUT2D eigenvalue weighted by Gasteiger charge is 2.28. The number of hydrogen-bond acceptors (Lipinski definition) is 5. The van der Waals surface area contributed by atoms with Gasteiger partial charge in [0.25, 0.3) is 11.6 Å². The zero-order valence-electron chi connectivity index (χ0n) is 10.6. The summed E-state index contributed by atoms with van der Waals surface area (Å²) in [5.41, 5.74) is 5.10. The van der Waals surface area contributed by atoms with E-state index in [1.165, 1.54) is 18.9 Å². The van der Waals surface area contributed by atoms with Crippen LogP contribution in [0.25, 0.3) is 0 Å². The first-order valence-corrected chi connectivity index (χ1v) is 6.17. The Hall–Kier alpha value is -2.18. The maximum Gasteiger partial charge on any atom is 0.300 e. The largest absolute Gasteiger partial charge is 0.384 e. The summed E-state index contributed by atoms with van der Waals surface area (Å²) < 4.78 is 0. The predicted molar refractivity (Wildman–Crippen MR) is 69.5 cm³/mol. The number of anilines is 1. The lowest BCUT2D eigenvalue weighted by atomic mass is 10.1. The Kier molecular flexibility index (Phi) is 3.64. The van der Waals surface area contributed by atoms with Gasteiger partial charge in [0.15, 0.2) is 0 Å². The molecule has 1 aromatic rings. The van der Waals surface area contributed by atoms with E-state index in [9.17, 15) is 14.9 Å². The van der Waals surface area contributed by atoms with Gasteiger partial charge in [-0.2, -0.15) is 0 Å². The fourth-order valence-electron chi connectivity index (χ4n) is 1.97. The van der Waals surface area contributed by atoms with Gasteiger partial charge in [0, 0.05) is 6.54 Å². The van der Waals surface area contributed by atoms with Crippen LogP contribution in [-0.2, 0) is 0 Å². The van der Waals surface area contributed by atoms with Crippen LogP contribution in [0.3, 0.4) is 0 Å². The highest BCUT2D eigenvalue weighted by atomic mass is 16.6. The van der Waals surface area contributed by atoms with Crippen LogP contribution in [0, 0.1) is 22.0 Å². The summed E-state index contributed by atoms with van der Waals surface area (Å²) in [6.07, 6.45) is 3.40. The second-order valence-electron chi connectivity index (χ2n) is 4.91. The molecule has 7 heteroatoms. The number of aromatic nitrogens is 1. The van der Waals surface area contributed by atoms with Crippen LogP contribution in [0.1, 0.15) is 30.1 Å². The molecule has 3 N–H and O–H groups in total. The molecular formula is C12H16N4O3. The molecule has 0 aliphatic heterocycles. The van der Waals surface area contributed by atoms with Gasteiger partial charge in [0.05, 0.1) is 4.92 Å². The Morgan fingerprint density at radius 2 is 2.37 bits per heavy atom. The lowest BCUT2D eigenvalue weighted by Gasteiger charge is -2.11. The Bertz CT molecular complexity index is 514. The minimum atomic E-state index is -0.633. The highest BCUT2D eigenvalue weighted by Crippen LogP contribution is 2.36. The molecule has 0 radical (unpaired) electrons. The molecule has 0 spiro atoms. The molecule has 7 nitrogen and oxygen atoms in total. The van der Waals surface area contributed by atoms with Crippen LogP contribution in [0.15, 0.2) is 12.3 Å². The monoisotopic (exact) mass is 264 g/mol. The molecule has 102 valence electrons. The first-order valence-electron chi connectivity index (χ1n) is 6.17. The van der Waals surface area contributed by atoms with Gasteiger partial charge in [-0.25, -0.2) is 4.98 Å². The molecule has 1 saturated carbocycles. The van der Waals surface area contributed by atoms with Gasteiger partial charge in [0.2, 0.25) is 0 Å². The van der Waals surface area contributed by atoms with Crippen LogP contribution < -0.4 is 11.1 Å². The van der Waals surface area contributed by atoms with E-state index < -0.39 is 10.8 Å². The van der Waals surface area contributed by atoms with Crippen LogP contribution in [0.5, 0.6) is 0 Å². The summed E-state index contributed by atoms with van der Waals surface area (Å²) in [4.78, 5) is 25.8. The molecule has 1 heterocycles. The summed E-state index contributed by atoms with van der Waals surface area (Å²) in [5.74, 6) is 0.666. The van der Waals surface area contributed by atoms with Gasteiger partial charge in [-0.05, 0) is 30.7 Å². The Balaban J connectivity index is 2.08. The maximum atomic E-state index is 12.0. The van der Waals surface area contributed by atoms with Crippen LogP contribution in [0.2, 0.25) is 0 Å². The molecule has 1 aromatic heterocycles. The maximum absolute atomic E-state index is 12.0. The molecule has 0 aromatic carbocycles. The number of carbonyl (C=O) groups is 1. The number of nitrogen functional groups attached to an aromatic ring is 1. The quantitative estimate of drug-likeness (QED) is 0.616. The lowest BCUT2D eigenvalue weighted by Crippen LogP contribution is -2.29. The second kappa shape index (κ2) is 5.21. The van der Waals surface area contributed by atoms with E-state index in [4.69, 9.17) is 5.73 Å². The van der Waals surface area contributed by atoms with Crippen molar-refractivity contribution in [3.63, 3.8) is 0 Å². The minimum absolute atomic E-state index is 0.0412. The van der Waals surface area contributed by atoms with E-state index in [0.717, 1.165) is 6.20 Å². The summed E-state index contributed by atoms with van der Waals surface area (Å²) >= 11 is 0. The predicted octanol–water partition coefficient (Wildman–Crippen LogP) is 1.35. The van der Waals surface area contributed by atoms with Crippen molar-refractivity contribution in [2.45, 2.75) is 19.8 Å². The number of nitrogens with zero attached hydrogens (tertiary/aromatic N) is 2. The molecule has 1 aliphatic rings. The summed E-state index contributed by atoms with van der Waals surface area (Å²) in [6, 6.07) is 1.23. The number of hydrogen-bond donors (Lipinski definition) is 2. The average Bonchev–Trinajstić information content (AvgIpc) is 3.19. The third-order valence-corrected chi connectivity index (χ3v) is 3.36. The zero-order chi connectivity index (χ0) is 14.0. The summed E-state index contributed by atoms with van der Waals surface area (Å²) in [5, 5.41) is 13.6. The van der Waals surface area contributed by atoms with Gasteiger partial charge >= 0.3 is 0 Å². The van der Waals surface area contributed by atoms with Gasteiger partial charge in [0.1, 0.15) is 17.6 Å². The Morgan fingerprint density at radius 1 is 1.68 bits per heavy atom. The molecule has 2 rings (SSSR count). The molecule has 0 bridgehead atoms. The number of amides is 1. The second-order valence-corrected chi connectivity index (χ2v) is 4.91. The first kappa shape index (κ1) is 13.3. The van der Waals surface area contributed by atoms with Crippen molar-refractivity contribution in [3.8, 4) is 0 Å². The molecule has 1 amide bonds. The molecule has 1 aliphatic carbocycles. The SMILES string of the molecule is CC(CNC(=O)c1cc(N)ncc1[N+](=O)[O-])C1CC1. The fourth-order valence-corrected chi connectivity index (χ4v) is 1.97. The van der Waals surface area contributed by atoms with E-state index in [2.05, 4.69) is 17.2 Å². The lowest BCUT2D eigenvalue weighted by molar-refractivity contribution is -0.385. The highest BCUT2D eigenvalue weighted by molar-refractivity contribution is 5.98. The van der Waals surface area contributed by atoms with Crippen molar-refractivity contribution in [2.24, 2.45) is 11.8 Å². The molecule has 1 atom stereocenters. The van der Waals surface area contributed by atoms with Gasteiger partial charge in [-0.3, -0.25) is 14.9 Å². The fraction of sp³-hybridized carbons (Fsp3) is 0.500. The minimum Gasteiger partial charge on any atom is -0.384 e. The molecule has 19 heavy (non-hydrogen) atoms. The molecule has 0 saturated heterocycles. The van der Waals surface area contributed by atoms with E-state index in [-0.39, 0.29) is 17.1 Å². The van der Waals surface area contributed by atoms with Crippen molar-refractivity contribution < 1.29 is 9.72 Å². The van der Waals surface area contributed by atoms with Crippen LogP contribution in [0.4, 0.5) is 11.5 Å². The van der Waals surface area contributed by atoms with Gasteiger partial charge < -0.3 is 11.1 Å². The molecular weight excluding hydrogens is 248 g/mol. The molecule has 1 unspecified atom stereocenters. The zero-order valence-corrected chi connectivity index (χ0v) is 10.6. The van der Waals surface area contributed by atoms with Crippen LogP contribution >= 0.6 is 0 Å². The smallest absolute Gasteiger partial charge is 0.300 e. The van der Waals surface area contributed by atoms with Crippen molar-refractivity contribution >= 4 is 17.4 Å². The third kappa shape index (κ3) is 3.18. The summed E-state index contributed by atoms with van der Waals surface area (Å²) in [7, 11) is 0. The topological polar surface area (TPSA) is 111 Å². The number of nitrogens with one attached hydrogen (secondary N) is 1. The Labute approximate surface area is 110 Å². The first-order chi connectivity index (χ1) is 8.99. The van der Waals surface area contributed by atoms with Gasteiger partial charge in [-0.1, -0.05) is 6.92 Å².